The van der Waals surface area contributed by atoms with Gasteiger partial charge in [-0.25, -0.2) is 0 Å². The molecule has 1 aromatic heterocycles. The number of nitro groups is 1. The zero-order valence-corrected chi connectivity index (χ0v) is 11.9. The maximum absolute atomic E-state index is 10.8. The number of nitrogens with one attached hydrogen (secondary N) is 2. The molecule has 7 heteroatoms. The van der Waals surface area contributed by atoms with E-state index in [9.17, 15) is 10.1 Å². The summed E-state index contributed by atoms with van der Waals surface area (Å²) in [5.41, 5.74) is 2.07. The lowest BCUT2D eigenvalue weighted by atomic mass is 10.1. The largest absolute Gasteiger partial charge is 0.371 e. The second-order valence-corrected chi connectivity index (χ2v) is 5.45. The summed E-state index contributed by atoms with van der Waals surface area (Å²) in [5.74, 6) is 0. The standard InChI is InChI=1S/C12H13N3O2S2/c1-19-12(18)13-5-4-8-7-14-11-3-2-9(15(16)17)6-10(8)11/h2-3,6-7,14H,4-5H2,1H3,(H,13,18). The fourth-order valence-corrected chi connectivity index (χ4v) is 2.21. The molecule has 0 aliphatic heterocycles. The maximum Gasteiger partial charge on any atom is 0.270 e. The van der Waals surface area contributed by atoms with Crippen LogP contribution in [0.25, 0.3) is 10.9 Å². The summed E-state index contributed by atoms with van der Waals surface area (Å²) >= 11 is 6.55. The Bertz CT molecular complexity index is 624. The monoisotopic (exact) mass is 295 g/mol. The predicted octanol–water partition coefficient (Wildman–Crippen LogP) is 2.86. The highest BCUT2D eigenvalue weighted by Crippen LogP contribution is 2.23. The van der Waals surface area contributed by atoms with Crippen molar-refractivity contribution in [1.29, 1.82) is 0 Å². The Hall–Kier alpha value is -1.60. The number of hydrogen-bond donors (Lipinski definition) is 2. The molecule has 2 rings (SSSR count). The predicted molar refractivity (Wildman–Crippen MR) is 82.8 cm³/mol. The van der Waals surface area contributed by atoms with Gasteiger partial charge in [-0.2, -0.15) is 0 Å². The van der Waals surface area contributed by atoms with Crippen molar-refractivity contribution in [2.45, 2.75) is 6.42 Å². The van der Waals surface area contributed by atoms with Crippen LogP contribution in [0.4, 0.5) is 5.69 Å². The van der Waals surface area contributed by atoms with Gasteiger partial charge >= 0.3 is 0 Å². The number of thioether (sulfide) groups is 1. The molecule has 0 amide bonds. The lowest BCUT2D eigenvalue weighted by Gasteiger charge is -2.04. The average molecular weight is 295 g/mol. The molecule has 0 atom stereocenters. The number of hydrogen-bond acceptors (Lipinski definition) is 4. The fraction of sp³-hybridized carbons (Fsp3) is 0.250. The summed E-state index contributed by atoms with van der Waals surface area (Å²) in [4.78, 5) is 13.5. The van der Waals surface area contributed by atoms with E-state index >= 15 is 0 Å². The van der Waals surface area contributed by atoms with Crippen molar-refractivity contribution < 1.29 is 4.92 Å². The summed E-state index contributed by atoms with van der Waals surface area (Å²) in [6, 6.07) is 4.84. The van der Waals surface area contributed by atoms with Crippen LogP contribution in [0.1, 0.15) is 5.56 Å². The molecule has 0 saturated carbocycles. The number of nitrogens with zero attached hydrogens (tertiary/aromatic N) is 1. The van der Waals surface area contributed by atoms with Gasteiger partial charge in [0.15, 0.2) is 0 Å². The van der Waals surface area contributed by atoms with Gasteiger partial charge in [0.2, 0.25) is 0 Å². The first-order valence-corrected chi connectivity index (χ1v) is 7.31. The Morgan fingerprint density at radius 3 is 3.05 bits per heavy atom. The van der Waals surface area contributed by atoms with Gasteiger partial charge in [-0.3, -0.25) is 10.1 Å². The summed E-state index contributed by atoms with van der Waals surface area (Å²) in [7, 11) is 0. The molecule has 5 nitrogen and oxygen atoms in total. The molecule has 0 unspecified atom stereocenters. The molecule has 0 radical (unpaired) electrons. The number of aromatic amines is 1. The lowest BCUT2D eigenvalue weighted by molar-refractivity contribution is -0.384. The molecule has 0 fully saturated rings. The molecule has 0 saturated heterocycles. The number of non-ortho nitro benzene ring substituents is 1. The van der Waals surface area contributed by atoms with E-state index in [0.717, 1.165) is 33.8 Å². The average Bonchev–Trinajstić information content (AvgIpc) is 2.81. The van der Waals surface area contributed by atoms with E-state index in [1.165, 1.54) is 17.8 Å². The van der Waals surface area contributed by atoms with Crippen LogP contribution in [-0.2, 0) is 6.42 Å². The SMILES string of the molecule is CSC(=S)NCCc1c[nH]c2ccc([N+](=O)[O-])cc12. The Balaban J connectivity index is 2.16. The van der Waals surface area contributed by atoms with Gasteiger partial charge in [-0.1, -0.05) is 12.2 Å². The van der Waals surface area contributed by atoms with Gasteiger partial charge in [-0.15, -0.1) is 11.8 Å². The molecule has 0 spiro atoms. The second-order valence-electron chi connectivity index (χ2n) is 3.97. The molecular formula is C12H13N3O2S2. The van der Waals surface area contributed by atoms with Crippen LogP contribution in [0, 0.1) is 10.1 Å². The van der Waals surface area contributed by atoms with Gasteiger partial charge in [0.1, 0.15) is 4.32 Å². The number of rotatable bonds is 4. The third-order valence-corrected chi connectivity index (χ3v) is 3.97. The number of benzene rings is 1. The molecule has 2 aromatic rings. The third-order valence-electron chi connectivity index (χ3n) is 2.81. The minimum atomic E-state index is -0.378. The van der Waals surface area contributed by atoms with Gasteiger partial charge < -0.3 is 10.3 Å². The summed E-state index contributed by atoms with van der Waals surface area (Å²) in [6.07, 6.45) is 4.57. The normalized spacial score (nSPS) is 10.6. The van der Waals surface area contributed by atoms with Gasteiger partial charge in [0, 0.05) is 35.8 Å². The van der Waals surface area contributed by atoms with Crippen LogP contribution in [0.5, 0.6) is 0 Å². The summed E-state index contributed by atoms with van der Waals surface area (Å²) in [5, 5.41) is 14.8. The quantitative estimate of drug-likeness (QED) is 0.515. The first-order valence-electron chi connectivity index (χ1n) is 5.68. The van der Waals surface area contributed by atoms with Crippen LogP contribution in [0.15, 0.2) is 24.4 Å². The number of H-pyrrole nitrogens is 1. The van der Waals surface area contributed by atoms with E-state index < -0.39 is 0 Å². The number of nitro benzene ring substituents is 1. The second kappa shape index (κ2) is 6.03. The van der Waals surface area contributed by atoms with Crippen molar-refractivity contribution in [3.05, 3.63) is 40.1 Å². The van der Waals surface area contributed by atoms with E-state index in [0.29, 0.717) is 0 Å². The first-order chi connectivity index (χ1) is 9.11. The summed E-state index contributed by atoms with van der Waals surface area (Å²) < 4.78 is 0.755. The van der Waals surface area contributed by atoms with Crippen molar-refractivity contribution >= 4 is 44.9 Å². The smallest absolute Gasteiger partial charge is 0.270 e. The van der Waals surface area contributed by atoms with Gasteiger partial charge in [-0.05, 0) is 24.3 Å². The van der Waals surface area contributed by atoms with E-state index in [1.807, 2.05) is 12.5 Å². The van der Waals surface area contributed by atoms with Crippen LogP contribution in [-0.4, -0.2) is 27.0 Å². The number of fused-ring (bicyclic) bond motifs is 1. The molecule has 1 heterocycles. The molecule has 100 valence electrons. The Morgan fingerprint density at radius 2 is 2.37 bits per heavy atom. The highest BCUT2D eigenvalue weighted by molar-refractivity contribution is 8.22. The van der Waals surface area contributed by atoms with E-state index in [1.54, 1.807) is 12.1 Å². The Morgan fingerprint density at radius 1 is 1.58 bits per heavy atom. The Labute approximate surface area is 119 Å². The van der Waals surface area contributed by atoms with Crippen LogP contribution < -0.4 is 5.32 Å². The third kappa shape index (κ3) is 3.24. The highest BCUT2D eigenvalue weighted by Gasteiger charge is 2.10. The van der Waals surface area contributed by atoms with Crippen LogP contribution >= 0.6 is 24.0 Å². The topological polar surface area (TPSA) is 71.0 Å². The zero-order chi connectivity index (χ0) is 13.8. The van der Waals surface area contributed by atoms with Crippen molar-refractivity contribution in [3.63, 3.8) is 0 Å². The van der Waals surface area contributed by atoms with E-state index in [4.69, 9.17) is 12.2 Å². The first kappa shape index (κ1) is 13.8. The molecular weight excluding hydrogens is 282 g/mol. The molecule has 0 aliphatic rings. The minimum Gasteiger partial charge on any atom is -0.371 e. The van der Waals surface area contributed by atoms with Crippen LogP contribution in [0.3, 0.4) is 0 Å². The number of aromatic nitrogens is 1. The molecule has 0 aliphatic carbocycles. The van der Waals surface area contributed by atoms with Crippen molar-refractivity contribution in [3.8, 4) is 0 Å². The zero-order valence-electron chi connectivity index (χ0n) is 10.3. The van der Waals surface area contributed by atoms with Crippen molar-refractivity contribution in [2.24, 2.45) is 0 Å². The molecule has 1 aromatic carbocycles. The van der Waals surface area contributed by atoms with E-state index in [2.05, 4.69) is 10.3 Å². The van der Waals surface area contributed by atoms with E-state index in [-0.39, 0.29) is 10.6 Å². The molecule has 0 bridgehead atoms. The minimum absolute atomic E-state index is 0.112. The molecule has 2 N–H and O–H groups in total. The van der Waals surface area contributed by atoms with Gasteiger partial charge in [0.05, 0.1) is 4.92 Å². The summed E-state index contributed by atoms with van der Waals surface area (Å²) in [6.45, 7) is 0.718. The van der Waals surface area contributed by atoms with Crippen molar-refractivity contribution in [1.82, 2.24) is 10.3 Å². The maximum atomic E-state index is 10.8. The van der Waals surface area contributed by atoms with Crippen molar-refractivity contribution in [2.75, 3.05) is 12.8 Å². The lowest BCUT2D eigenvalue weighted by Crippen LogP contribution is -2.20. The van der Waals surface area contributed by atoms with Gasteiger partial charge in [0.25, 0.3) is 5.69 Å². The molecule has 19 heavy (non-hydrogen) atoms. The number of thiocarbonyl (C=S) groups is 1. The Kier molecular flexibility index (Phi) is 4.39. The fourth-order valence-electron chi connectivity index (χ4n) is 1.86. The van der Waals surface area contributed by atoms with Crippen LogP contribution in [0.2, 0.25) is 0 Å². The highest BCUT2D eigenvalue weighted by atomic mass is 32.2.